The average molecular weight is 232 g/mol. The molecular weight excluding hydrogens is 212 g/mol. The summed E-state index contributed by atoms with van der Waals surface area (Å²) in [6.45, 7) is 4.03. The molecule has 1 N–H and O–H groups in total. The van der Waals surface area contributed by atoms with Crippen molar-refractivity contribution in [1.82, 2.24) is 5.43 Å². The van der Waals surface area contributed by atoms with Gasteiger partial charge in [0.25, 0.3) is 0 Å². The Labute approximate surface area is 103 Å². The monoisotopic (exact) mass is 232 g/mol. The van der Waals surface area contributed by atoms with E-state index in [4.69, 9.17) is 0 Å². The number of amides is 1. The zero-order valence-electron chi connectivity index (χ0n) is 10.5. The maximum absolute atomic E-state index is 11.3. The maximum atomic E-state index is 11.3. The van der Waals surface area contributed by atoms with Crippen LogP contribution in [0.15, 0.2) is 35.4 Å². The number of nitrogens with zero attached hydrogens (tertiary/aromatic N) is 1. The Bertz CT molecular complexity index is 358. The molecule has 0 spiro atoms. The van der Waals surface area contributed by atoms with E-state index in [2.05, 4.69) is 22.7 Å². The number of hydrazone groups is 1. The van der Waals surface area contributed by atoms with Gasteiger partial charge in [-0.25, -0.2) is 5.43 Å². The van der Waals surface area contributed by atoms with Gasteiger partial charge in [-0.3, -0.25) is 4.79 Å². The number of hydrogen-bond donors (Lipinski definition) is 1. The third-order valence-electron chi connectivity index (χ3n) is 2.28. The molecule has 17 heavy (non-hydrogen) atoms. The lowest BCUT2D eigenvalue weighted by atomic mass is 10.1. The molecule has 0 aliphatic rings. The topological polar surface area (TPSA) is 41.5 Å². The first-order valence-corrected chi connectivity index (χ1v) is 6.02. The van der Waals surface area contributed by atoms with Crippen molar-refractivity contribution >= 4 is 12.1 Å². The molecule has 3 heteroatoms. The van der Waals surface area contributed by atoms with Gasteiger partial charge in [-0.15, -0.1) is 0 Å². The first kappa shape index (κ1) is 13.4. The van der Waals surface area contributed by atoms with Crippen LogP contribution in [0.2, 0.25) is 0 Å². The van der Waals surface area contributed by atoms with Gasteiger partial charge in [-0.1, -0.05) is 44.2 Å². The van der Waals surface area contributed by atoms with E-state index in [0.717, 1.165) is 12.8 Å². The van der Waals surface area contributed by atoms with Gasteiger partial charge in [-0.05, 0) is 24.3 Å². The van der Waals surface area contributed by atoms with Crippen molar-refractivity contribution in [3.05, 3.63) is 35.9 Å². The van der Waals surface area contributed by atoms with Gasteiger partial charge < -0.3 is 0 Å². The Morgan fingerprint density at radius 3 is 2.71 bits per heavy atom. The Morgan fingerprint density at radius 1 is 1.35 bits per heavy atom. The van der Waals surface area contributed by atoms with Crippen LogP contribution in [0.4, 0.5) is 0 Å². The molecule has 0 aliphatic carbocycles. The van der Waals surface area contributed by atoms with Crippen LogP contribution in [0, 0.1) is 5.92 Å². The fourth-order valence-corrected chi connectivity index (χ4v) is 1.47. The van der Waals surface area contributed by atoms with E-state index in [1.165, 1.54) is 5.56 Å². The van der Waals surface area contributed by atoms with Gasteiger partial charge in [0, 0.05) is 12.6 Å². The van der Waals surface area contributed by atoms with Gasteiger partial charge in [0.2, 0.25) is 5.91 Å². The number of nitrogens with one attached hydrogen (secondary N) is 1. The smallest absolute Gasteiger partial charge is 0.240 e. The molecule has 0 radical (unpaired) electrons. The third-order valence-corrected chi connectivity index (χ3v) is 2.28. The number of aryl methyl sites for hydroxylation is 1. The minimum atomic E-state index is -0.0176. The fraction of sp³-hybridized carbons (Fsp3) is 0.429. The SMILES string of the molecule is CC(C)CC(=O)N/N=C/CCc1ccccc1. The molecule has 0 saturated carbocycles. The summed E-state index contributed by atoms with van der Waals surface area (Å²) in [5.41, 5.74) is 3.82. The van der Waals surface area contributed by atoms with Crippen molar-refractivity contribution < 1.29 is 4.79 Å². The molecule has 92 valence electrons. The first-order chi connectivity index (χ1) is 8.18. The summed E-state index contributed by atoms with van der Waals surface area (Å²) in [7, 11) is 0. The molecule has 0 aromatic heterocycles. The van der Waals surface area contributed by atoms with Crippen molar-refractivity contribution in [1.29, 1.82) is 0 Å². The van der Waals surface area contributed by atoms with Crippen molar-refractivity contribution in [2.75, 3.05) is 0 Å². The summed E-state index contributed by atoms with van der Waals surface area (Å²) in [6, 6.07) is 10.2. The van der Waals surface area contributed by atoms with Crippen LogP contribution in [0.25, 0.3) is 0 Å². The quantitative estimate of drug-likeness (QED) is 0.594. The Kier molecular flexibility index (Phi) is 6.00. The number of hydrogen-bond acceptors (Lipinski definition) is 2. The number of carbonyl (C=O) groups excluding carboxylic acids is 1. The summed E-state index contributed by atoms with van der Waals surface area (Å²) in [5.74, 6) is 0.352. The first-order valence-electron chi connectivity index (χ1n) is 6.02. The molecule has 0 atom stereocenters. The van der Waals surface area contributed by atoms with Gasteiger partial charge >= 0.3 is 0 Å². The Balaban J connectivity index is 2.16. The maximum Gasteiger partial charge on any atom is 0.240 e. The molecule has 0 fully saturated rings. The zero-order valence-corrected chi connectivity index (χ0v) is 10.5. The van der Waals surface area contributed by atoms with Gasteiger partial charge in [0.15, 0.2) is 0 Å². The van der Waals surface area contributed by atoms with Crippen LogP contribution in [0.5, 0.6) is 0 Å². The Hall–Kier alpha value is -1.64. The second kappa shape index (κ2) is 7.60. The summed E-state index contributed by atoms with van der Waals surface area (Å²) >= 11 is 0. The molecule has 1 aromatic rings. The van der Waals surface area contributed by atoms with Gasteiger partial charge in [-0.2, -0.15) is 5.10 Å². The second-order valence-corrected chi connectivity index (χ2v) is 4.47. The van der Waals surface area contributed by atoms with Crippen LogP contribution in [0.1, 0.15) is 32.3 Å². The molecule has 0 aliphatic heterocycles. The summed E-state index contributed by atoms with van der Waals surface area (Å²) < 4.78 is 0. The number of benzene rings is 1. The van der Waals surface area contributed by atoms with Crippen molar-refractivity contribution in [3.63, 3.8) is 0 Å². The predicted octanol–water partition coefficient (Wildman–Crippen LogP) is 2.77. The molecule has 1 aromatic carbocycles. The van der Waals surface area contributed by atoms with Crippen molar-refractivity contribution in [2.45, 2.75) is 33.1 Å². The molecule has 1 amide bonds. The van der Waals surface area contributed by atoms with E-state index in [-0.39, 0.29) is 5.91 Å². The molecule has 0 unspecified atom stereocenters. The molecule has 3 nitrogen and oxygen atoms in total. The van der Waals surface area contributed by atoms with Gasteiger partial charge in [0.05, 0.1) is 0 Å². The second-order valence-electron chi connectivity index (χ2n) is 4.47. The van der Waals surface area contributed by atoms with Crippen molar-refractivity contribution in [3.8, 4) is 0 Å². The van der Waals surface area contributed by atoms with E-state index in [1.807, 2.05) is 32.0 Å². The molecule has 0 bridgehead atoms. The van der Waals surface area contributed by atoms with E-state index in [1.54, 1.807) is 6.21 Å². The zero-order chi connectivity index (χ0) is 12.5. The van der Waals surface area contributed by atoms with Crippen molar-refractivity contribution in [2.24, 2.45) is 11.0 Å². The van der Waals surface area contributed by atoms with E-state index >= 15 is 0 Å². The highest BCUT2D eigenvalue weighted by Crippen LogP contribution is 2.01. The standard InChI is InChI=1S/C14H20N2O/c1-12(2)11-14(17)16-15-10-6-9-13-7-4-3-5-8-13/h3-5,7-8,10,12H,6,9,11H2,1-2H3,(H,16,17)/b15-10+. The Morgan fingerprint density at radius 2 is 2.06 bits per heavy atom. The van der Waals surface area contributed by atoms with E-state index in [0.29, 0.717) is 12.3 Å². The third kappa shape index (κ3) is 6.51. The average Bonchev–Trinajstić information content (AvgIpc) is 2.29. The molecular formula is C14H20N2O. The van der Waals surface area contributed by atoms with Crippen LogP contribution in [-0.4, -0.2) is 12.1 Å². The minimum Gasteiger partial charge on any atom is -0.273 e. The summed E-state index contributed by atoms with van der Waals surface area (Å²) in [6.07, 6.45) is 4.07. The lowest BCUT2D eigenvalue weighted by Crippen LogP contribution is -2.18. The predicted molar refractivity (Wildman–Crippen MR) is 70.9 cm³/mol. The summed E-state index contributed by atoms with van der Waals surface area (Å²) in [4.78, 5) is 11.3. The van der Waals surface area contributed by atoms with Gasteiger partial charge in [0.1, 0.15) is 0 Å². The van der Waals surface area contributed by atoms with Crippen LogP contribution < -0.4 is 5.43 Å². The van der Waals surface area contributed by atoms with Crippen LogP contribution in [0.3, 0.4) is 0 Å². The lowest BCUT2D eigenvalue weighted by Gasteiger charge is -2.01. The largest absolute Gasteiger partial charge is 0.273 e. The summed E-state index contributed by atoms with van der Waals surface area (Å²) in [5, 5.41) is 3.91. The highest BCUT2D eigenvalue weighted by Gasteiger charge is 2.01. The molecule has 0 heterocycles. The molecule has 0 saturated heterocycles. The lowest BCUT2D eigenvalue weighted by molar-refractivity contribution is -0.121. The number of rotatable bonds is 6. The molecule has 1 rings (SSSR count). The minimum absolute atomic E-state index is 0.0176. The highest BCUT2D eigenvalue weighted by atomic mass is 16.2. The van der Waals surface area contributed by atoms with Crippen LogP contribution >= 0.6 is 0 Å². The van der Waals surface area contributed by atoms with Crippen LogP contribution in [-0.2, 0) is 11.2 Å². The van der Waals surface area contributed by atoms with E-state index < -0.39 is 0 Å². The highest BCUT2D eigenvalue weighted by molar-refractivity contribution is 5.76. The number of carbonyl (C=O) groups is 1. The normalized spacial score (nSPS) is 11.0. The fourth-order valence-electron chi connectivity index (χ4n) is 1.47. The van der Waals surface area contributed by atoms with E-state index in [9.17, 15) is 4.79 Å².